The fraction of sp³-hybridized carbons (Fsp3) is 0.750. The minimum atomic E-state index is -0.481. The zero-order valence-corrected chi connectivity index (χ0v) is 6.80. The average molecular weight is 171 g/mol. The molecule has 0 heterocycles. The van der Waals surface area contributed by atoms with Crippen LogP contribution in [-0.4, -0.2) is 24.0 Å². The summed E-state index contributed by atoms with van der Waals surface area (Å²) >= 11 is 1.51. The smallest absolute Gasteiger partial charge is 0.235 e. The molecule has 56 valence electrons. The number of carbonyl (C=O) groups excluding carboxylic acids is 1. The fourth-order valence-electron chi connectivity index (χ4n) is 0.262. The van der Waals surface area contributed by atoms with Gasteiger partial charge in [-0.05, 0) is 6.26 Å². The van der Waals surface area contributed by atoms with E-state index in [9.17, 15) is 4.79 Å². The molecule has 0 bridgehead atoms. The molecule has 0 aromatic carbocycles. The molecule has 0 fully saturated rings. The van der Waals surface area contributed by atoms with Crippen LogP contribution >= 0.6 is 24.2 Å². The van der Waals surface area contributed by atoms with Crippen LogP contribution < -0.4 is 11.5 Å². The van der Waals surface area contributed by atoms with Gasteiger partial charge >= 0.3 is 0 Å². The first-order valence-corrected chi connectivity index (χ1v) is 3.61. The van der Waals surface area contributed by atoms with Crippen molar-refractivity contribution in [3.05, 3.63) is 0 Å². The highest BCUT2D eigenvalue weighted by atomic mass is 35.5. The molecule has 0 saturated carbocycles. The molecule has 3 nitrogen and oxygen atoms in total. The monoisotopic (exact) mass is 170 g/mol. The van der Waals surface area contributed by atoms with Crippen molar-refractivity contribution in [2.24, 2.45) is 11.5 Å². The van der Waals surface area contributed by atoms with Crippen LogP contribution in [0.2, 0.25) is 0 Å². The third-order valence-corrected chi connectivity index (χ3v) is 1.40. The number of carbonyl (C=O) groups is 1. The van der Waals surface area contributed by atoms with Gasteiger partial charge in [0.15, 0.2) is 0 Å². The number of hydrogen-bond donors (Lipinski definition) is 2. The largest absolute Gasteiger partial charge is 0.368 e. The molecule has 0 aliphatic carbocycles. The molecule has 0 aliphatic heterocycles. The molecule has 0 aliphatic rings. The lowest BCUT2D eigenvalue weighted by Gasteiger charge is -2.01. The highest BCUT2D eigenvalue weighted by Gasteiger charge is 2.05. The van der Waals surface area contributed by atoms with Crippen LogP contribution in [0.3, 0.4) is 0 Å². The molecule has 1 atom stereocenters. The number of nitrogens with two attached hydrogens (primary N) is 2. The third kappa shape index (κ3) is 5.95. The molecular weight excluding hydrogens is 160 g/mol. The number of primary amides is 1. The second-order valence-electron chi connectivity index (χ2n) is 1.46. The summed E-state index contributed by atoms with van der Waals surface area (Å²) in [6.45, 7) is 0. The van der Waals surface area contributed by atoms with Crippen LogP contribution in [0.4, 0.5) is 0 Å². The van der Waals surface area contributed by atoms with Gasteiger partial charge in [0.05, 0.1) is 6.04 Å². The van der Waals surface area contributed by atoms with Gasteiger partial charge in [-0.15, -0.1) is 12.4 Å². The molecule has 0 spiro atoms. The van der Waals surface area contributed by atoms with Gasteiger partial charge in [0, 0.05) is 5.75 Å². The summed E-state index contributed by atoms with van der Waals surface area (Å²) in [5, 5.41) is 0. The maximum Gasteiger partial charge on any atom is 0.235 e. The minimum absolute atomic E-state index is 0. The molecule has 0 radical (unpaired) electrons. The Morgan fingerprint density at radius 2 is 2.22 bits per heavy atom. The van der Waals surface area contributed by atoms with E-state index in [4.69, 9.17) is 11.5 Å². The van der Waals surface area contributed by atoms with E-state index < -0.39 is 11.9 Å². The number of hydrogen-bond acceptors (Lipinski definition) is 3. The van der Waals surface area contributed by atoms with E-state index in [2.05, 4.69) is 0 Å². The van der Waals surface area contributed by atoms with Crippen molar-refractivity contribution in [3.8, 4) is 0 Å². The Morgan fingerprint density at radius 3 is 2.33 bits per heavy atom. The van der Waals surface area contributed by atoms with Crippen LogP contribution in [-0.2, 0) is 4.79 Å². The lowest BCUT2D eigenvalue weighted by molar-refractivity contribution is -0.118. The normalized spacial score (nSPS) is 11.8. The number of rotatable bonds is 3. The highest BCUT2D eigenvalue weighted by molar-refractivity contribution is 7.98. The van der Waals surface area contributed by atoms with Gasteiger partial charge in [0.1, 0.15) is 0 Å². The van der Waals surface area contributed by atoms with Crippen molar-refractivity contribution in [2.75, 3.05) is 12.0 Å². The van der Waals surface area contributed by atoms with Crippen molar-refractivity contribution < 1.29 is 4.79 Å². The van der Waals surface area contributed by atoms with Crippen LogP contribution in [0.1, 0.15) is 0 Å². The van der Waals surface area contributed by atoms with Gasteiger partial charge in [0.25, 0.3) is 0 Å². The summed E-state index contributed by atoms with van der Waals surface area (Å²) in [6.07, 6.45) is 1.88. The quantitative estimate of drug-likeness (QED) is 0.605. The Bertz CT molecular complexity index is 90.6. The Labute approximate surface area is 65.0 Å². The minimum Gasteiger partial charge on any atom is -0.368 e. The van der Waals surface area contributed by atoms with Gasteiger partial charge in [0.2, 0.25) is 5.91 Å². The molecule has 0 aromatic rings. The lowest BCUT2D eigenvalue weighted by Crippen LogP contribution is -2.38. The highest BCUT2D eigenvalue weighted by Crippen LogP contribution is 1.92. The topological polar surface area (TPSA) is 69.1 Å². The molecule has 0 unspecified atom stereocenters. The number of halogens is 1. The summed E-state index contributed by atoms with van der Waals surface area (Å²) in [7, 11) is 0. The Hall–Kier alpha value is 0.0700. The van der Waals surface area contributed by atoms with Crippen LogP contribution in [0.5, 0.6) is 0 Å². The van der Waals surface area contributed by atoms with E-state index >= 15 is 0 Å². The SMILES string of the molecule is CSC[C@H](N)C(N)=O.Cl. The summed E-state index contributed by atoms with van der Waals surface area (Å²) in [6, 6.07) is -0.481. The molecule has 1 amide bonds. The first kappa shape index (κ1) is 11.8. The van der Waals surface area contributed by atoms with E-state index in [1.54, 1.807) is 0 Å². The van der Waals surface area contributed by atoms with E-state index in [1.807, 2.05) is 6.26 Å². The number of amides is 1. The van der Waals surface area contributed by atoms with Crippen LogP contribution in [0, 0.1) is 0 Å². The van der Waals surface area contributed by atoms with Crippen molar-refractivity contribution in [3.63, 3.8) is 0 Å². The Kier molecular flexibility index (Phi) is 8.13. The van der Waals surface area contributed by atoms with Crippen molar-refractivity contribution in [1.29, 1.82) is 0 Å². The molecule has 0 aromatic heterocycles. The first-order chi connectivity index (χ1) is 3.68. The Morgan fingerprint density at radius 1 is 1.78 bits per heavy atom. The second-order valence-corrected chi connectivity index (χ2v) is 2.37. The predicted molar refractivity (Wildman–Crippen MR) is 42.8 cm³/mol. The van der Waals surface area contributed by atoms with Gasteiger partial charge in [-0.1, -0.05) is 0 Å². The predicted octanol–water partition coefficient (Wildman–Crippen LogP) is -0.416. The summed E-state index contributed by atoms with van der Waals surface area (Å²) in [5.74, 6) is 0.175. The zero-order valence-electron chi connectivity index (χ0n) is 5.16. The third-order valence-electron chi connectivity index (χ3n) is 0.712. The van der Waals surface area contributed by atoms with Gasteiger partial charge in [-0.2, -0.15) is 11.8 Å². The van der Waals surface area contributed by atoms with Gasteiger partial charge in [-0.25, -0.2) is 0 Å². The lowest BCUT2D eigenvalue weighted by atomic mass is 10.3. The van der Waals surface area contributed by atoms with Crippen LogP contribution in [0.25, 0.3) is 0 Å². The van der Waals surface area contributed by atoms with Crippen molar-refractivity contribution >= 4 is 30.1 Å². The van der Waals surface area contributed by atoms with E-state index in [0.717, 1.165) is 0 Å². The van der Waals surface area contributed by atoms with Gasteiger partial charge in [-0.3, -0.25) is 4.79 Å². The molecule has 5 heteroatoms. The fourth-order valence-corrected chi connectivity index (χ4v) is 0.785. The zero-order chi connectivity index (χ0) is 6.57. The number of thioether (sulfide) groups is 1. The molecule has 9 heavy (non-hydrogen) atoms. The van der Waals surface area contributed by atoms with Crippen molar-refractivity contribution in [1.82, 2.24) is 0 Å². The first-order valence-electron chi connectivity index (χ1n) is 2.22. The maximum absolute atomic E-state index is 10.2. The summed E-state index contributed by atoms with van der Waals surface area (Å²) in [4.78, 5) is 10.2. The molecule has 4 N–H and O–H groups in total. The Balaban J connectivity index is 0. The molecular formula is C4H11ClN2OS. The van der Waals surface area contributed by atoms with Crippen molar-refractivity contribution in [2.45, 2.75) is 6.04 Å². The molecule has 0 saturated heterocycles. The van der Waals surface area contributed by atoms with E-state index in [0.29, 0.717) is 5.75 Å². The summed E-state index contributed by atoms with van der Waals surface area (Å²) < 4.78 is 0. The van der Waals surface area contributed by atoms with E-state index in [1.165, 1.54) is 11.8 Å². The van der Waals surface area contributed by atoms with Gasteiger partial charge < -0.3 is 11.5 Å². The van der Waals surface area contributed by atoms with E-state index in [-0.39, 0.29) is 12.4 Å². The maximum atomic E-state index is 10.2. The second kappa shape index (κ2) is 6.19. The standard InChI is InChI=1S/C4H10N2OS.ClH/c1-8-2-3(5)4(6)7;/h3H,2,5H2,1H3,(H2,6,7);1H/t3-;/m0./s1. The van der Waals surface area contributed by atoms with Crippen LogP contribution in [0.15, 0.2) is 0 Å². The molecule has 0 rings (SSSR count). The average Bonchev–Trinajstić information content (AvgIpc) is 1.67. The summed E-state index contributed by atoms with van der Waals surface area (Å²) in [5.41, 5.74) is 10.1.